The predicted octanol–water partition coefficient (Wildman–Crippen LogP) is 1.51. The summed E-state index contributed by atoms with van der Waals surface area (Å²) in [6, 6.07) is 5.01. The molecular formula is C12H15FN2O2S2. The fraction of sp³-hybridized carbons (Fsp3) is 0.500. The van der Waals surface area contributed by atoms with Gasteiger partial charge in [0.2, 0.25) is 10.0 Å². The zero-order valence-corrected chi connectivity index (χ0v) is 12.0. The molecule has 1 aromatic rings. The highest BCUT2D eigenvalue weighted by atomic mass is 32.2. The molecule has 2 aliphatic rings. The predicted molar refractivity (Wildman–Crippen MR) is 72.8 cm³/mol. The normalized spacial score (nSPS) is 26.5. The van der Waals surface area contributed by atoms with Crippen LogP contribution in [0.4, 0.5) is 4.39 Å². The van der Waals surface area contributed by atoms with Gasteiger partial charge in [0.15, 0.2) is 0 Å². The van der Waals surface area contributed by atoms with Crippen LogP contribution in [-0.2, 0) is 10.0 Å². The molecule has 0 saturated carbocycles. The molecule has 1 unspecified atom stereocenters. The minimum Gasteiger partial charge on any atom is -0.253 e. The molecule has 1 spiro atoms. The first-order chi connectivity index (χ1) is 8.94. The first-order valence-electron chi connectivity index (χ1n) is 6.16. The van der Waals surface area contributed by atoms with Gasteiger partial charge in [-0.15, -0.1) is 0 Å². The number of thiol groups is 1. The number of hydrogen-bond donors (Lipinski definition) is 1. The minimum atomic E-state index is -3.48. The summed E-state index contributed by atoms with van der Waals surface area (Å²) in [6.07, 6.45) is 1.61. The van der Waals surface area contributed by atoms with Crippen LogP contribution in [0, 0.1) is 5.82 Å². The third kappa shape index (κ3) is 2.29. The zero-order valence-electron chi connectivity index (χ0n) is 10.3. The van der Waals surface area contributed by atoms with Crippen LogP contribution in [0.15, 0.2) is 29.2 Å². The highest BCUT2D eigenvalue weighted by Crippen LogP contribution is 2.46. The number of piperidine rings is 1. The maximum absolute atomic E-state index is 12.9. The van der Waals surface area contributed by atoms with Gasteiger partial charge in [-0.3, -0.25) is 4.31 Å². The lowest BCUT2D eigenvalue weighted by molar-refractivity contribution is 0.303. The molecule has 104 valence electrons. The first kappa shape index (κ1) is 13.4. The van der Waals surface area contributed by atoms with Crippen LogP contribution >= 0.6 is 12.8 Å². The molecule has 2 heterocycles. The van der Waals surface area contributed by atoms with Crippen molar-refractivity contribution < 1.29 is 12.8 Å². The van der Waals surface area contributed by atoms with Gasteiger partial charge in [-0.05, 0) is 37.1 Å². The van der Waals surface area contributed by atoms with Gasteiger partial charge in [0, 0.05) is 19.6 Å². The van der Waals surface area contributed by atoms with E-state index >= 15 is 0 Å². The monoisotopic (exact) mass is 302 g/mol. The Morgan fingerprint density at radius 1 is 1.16 bits per heavy atom. The van der Waals surface area contributed by atoms with Gasteiger partial charge in [-0.2, -0.15) is 4.31 Å². The summed E-state index contributed by atoms with van der Waals surface area (Å²) < 4.78 is 41.2. The number of sulfonamides is 1. The molecule has 2 fully saturated rings. The molecule has 19 heavy (non-hydrogen) atoms. The van der Waals surface area contributed by atoms with Crippen molar-refractivity contribution in [2.75, 3.05) is 19.6 Å². The lowest BCUT2D eigenvalue weighted by atomic mass is 9.99. The Kier molecular flexibility index (Phi) is 3.12. The van der Waals surface area contributed by atoms with Crippen LogP contribution in [-0.4, -0.2) is 42.2 Å². The summed E-state index contributed by atoms with van der Waals surface area (Å²) in [7, 11) is -3.48. The van der Waals surface area contributed by atoms with Gasteiger partial charge in [0.25, 0.3) is 0 Å². The topological polar surface area (TPSA) is 40.4 Å². The van der Waals surface area contributed by atoms with E-state index in [9.17, 15) is 12.8 Å². The Labute approximate surface area is 117 Å². The Hall–Kier alpha value is -0.630. The molecule has 1 aromatic carbocycles. The highest BCUT2D eigenvalue weighted by molar-refractivity contribution is 7.89. The van der Waals surface area contributed by atoms with Crippen LogP contribution in [0.2, 0.25) is 0 Å². The third-order valence-electron chi connectivity index (χ3n) is 3.94. The second-order valence-corrected chi connectivity index (χ2v) is 7.57. The Bertz CT molecular complexity index is 580. The smallest absolute Gasteiger partial charge is 0.243 e. The number of benzene rings is 1. The van der Waals surface area contributed by atoms with E-state index in [1.807, 2.05) is 4.31 Å². The summed E-state index contributed by atoms with van der Waals surface area (Å²) in [5, 5.41) is 0. The van der Waals surface area contributed by atoms with Crippen molar-refractivity contribution in [2.24, 2.45) is 0 Å². The van der Waals surface area contributed by atoms with Gasteiger partial charge in [0.05, 0.1) is 10.4 Å². The number of rotatable bonds is 2. The van der Waals surface area contributed by atoms with Crippen molar-refractivity contribution >= 4 is 22.8 Å². The fourth-order valence-corrected chi connectivity index (χ4v) is 4.66. The molecule has 2 aliphatic heterocycles. The summed E-state index contributed by atoms with van der Waals surface area (Å²) in [5.74, 6) is -0.428. The molecule has 4 nitrogen and oxygen atoms in total. The summed E-state index contributed by atoms with van der Waals surface area (Å²) in [5.41, 5.74) is -0.230. The maximum Gasteiger partial charge on any atom is 0.243 e. The lowest BCUT2D eigenvalue weighted by Crippen LogP contribution is -2.36. The molecule has 0 bridgehead atoms. The average Bonchev–Trinajstić information content (AvgIpc) is 3.09. The molecule has 7 heteroatoms. The summed E-state index contributed by atoms with van der Waals surface area (Å²) >= 11 is 4.27. The van der Waals surface area contributed by atoms with E-state index in [2.05, 4.69) is 12.8 Å². The number of hydrogen-bond acceptors (Lipinski definition) is 4. The number of nitrogens with zero attached hydrogens (tertiary/aromatic N) is 2. The molecule has 0 aliphatic carbocycles. The largest absolute Gasteiger partial charge is 0.253 e. The summed E-state index contributed by atoms with van der Waals surface area (Å²) in [6.45, 7) is 2.14. The third-order valence-corrected chi connectivity index (χ3v) is 6.30. The van der Waals surface area contributed by atoms with Gasteiger partial charge < -0.3 is 0 Å². The molecule has 2 saturated heterocycles. The van der Waals surface area contributed by atoms with E-state index in [4.69, 9.17) is 0 Å². The van der Waals surface area contributed by atoms with E-state index in [0.717, 1.165) is 25.9 Å². The summed E-state index contributed by atoms with van der Waals surface area (Å²) in [4.78, 5) is 0.166. The van der Waals surface area contributed by atoms with Crippen LogP contribution in [0.1, 0.15) is 12.8 Å². The van der Waals surface area contributed by atoms with Crippen molar-refractivity contribution in [3.8, 4) is 0 Å². The van der Waals surface area contributed by atoms with Crippen LogP contribution in [0.5, 0.6) is 0 Å². The van der Waals surface area contributed by atoms with Crippen LogP contribution in [0.3, 0.4) is 0 Å². The second kappa shape index (κ2) is 4.44. The number of halogens is 1. The highest BCUT2D eigenvalue weighted by Gasteiger charge is 2.59. The maximum atomic E-state index is 12.9. The second-order valence-electron chi connectivity index (χ2n) is 5.14. The van der Waals surface area contributed by atoms with Crippen molar-refractivity contribution in [1.82, 2.24) is 8.61 Å². The molecule has 0 radical (unpaired) electrons. The van der Waals surface area contributed by atoms with E-state index in [1.54, 1.807) is 0 Å². The van der Waals surface area contributed by atoms with E-state index in [-0.39, 0.29) is 10.4 Å². The SMILES string of the molecule is O=S(=O)(c1ccc(F)cc1)N1CC12CCN(S)CC2. The van der Waals surface area contributed by atoms with Crippen molar-refractivity contribution in [1.29, 1.82) is 0 Å². The van der Waals surface area contributed by atoms with Gasteiger partial charge in [-0.25, -0.2) is 12.8 Å². The van der Waals surface area contributed by atoms with Gasteiger partial charge >= 0.3 is 0 Å². The van der Waals surface area contributed by atoms with Crippen LogP contribution in [0.25, 0.3) is 0 Å². The van der Waals surface area contributed by atoms with Crippen molar-refractivity contribution in [3.05, 3.63) is 30.1 Å². The average molecular weight is 302 g/mol. The Balaban J connectivity index is 1.82. The van der Waals surface area contributed by atoms with Gasteiger partial charge in [-0.1, -0.05) is 12.8 Å². The Morgan fingerprint density at radius 2 is 1.74 bits per heavy atom. The lowest BCUT2D eigenvalue weighted by Gasteiger charge is -2.28. The molecule has 0 amide bonds. The fourth-order valence-electron chi connectivity index (χ4n) is 2.62. The molecule has 1 atom stereocenters. The van der Waals surface area contributed by atoms with Gasteiger partial charge in [0.1, 0.15) is 5.82 Å². The van der Waals surface area contributed by atoms with E-state index < -0.39 is 15.8 Å². The van der Waals surface area contributed by atoms with E-state index in [1.165, 1.54) is 28.6 Å². The molecular weight excluding hydrogens is 287 g/mol. The molecule has 0 aromatic heterocycles. The van der Waals surface area contributed by atoms with Crippen molar-refractivity contribution in [2.45, 2.75) is 23.3 Å². The first-order valence-corrected chi connectivity index (χ1v) is 8.00. The minimum absolute atomic E-state index is 0.166. The van der Waals surface area contributed by atoms with E-state index in [0.29, 0.717) is 6.54 Å². The Morgan fingerprint density at radius 3 is 2.32 bits per heavy atom. The van der Waals surface area contributed by atoms with Crippen molar-refractivity contribution in [3.63, 3.8) is 0 Å². The standard InChI is InChI=1S/C12H15FN2O2S2/c13-10-1-3-11(4-2-10)19(16,17)15-9-12(15)5-7-14(18)8-6-12/h1-4,18H,5-9H2. The molecule has 3 rings (SSSR count). The van der Waals surface area contributed by atoms with Crippen LogP contribution < -0.4 is 0 Å². The molecule has 0 N–H and O–H groups in total. The zero-order chi connectivity index (χ0) is 13.7. The quantitative estimate of drug-likeness (QED) is 0.665.